The van der Waals surface area contributed by atoms with E-state index in [9.17, 15) is 4.79 Å². The van der Waals surface area contributed by atoms with Gasteiger partial charge in [-0.1, -0.05) is 26.0 Å². The minimum atomic E-state index is -0.374. The topological polar surface area (TPSA) is 35.5 Å². The Morgan fingerprint density at radius 2 is 2.00 bits per heavy atom. The van der Waals surface area contributed by atoms with Crippen LogP contribution in [-0.4, -0.2) is 19.7 Å². The van der Waals surface area contributed by atoms with Crippen molar-refractivity contribution in [1.29, 1.82) is 0 Å². The maximum absolute atomic E-state index is 10.7. The lowest BCUT2D eigenvalue weighted by molar-refractivity contribution is -0.142. The van der Waals surface area contributed by atoms with Crippen LogP contribution in [0, 0.1) is 6.92 Å². The zero-order chi connectivity index (χ0) is 11.7. The van der Waals surface area contributed by atoms with Gasteiger partial charge in [-0.25, -0.2) is 4.79 Å². The third-order valence-corrected chi connectivity index (χ3v) is 1.57. The van der Waals surface area contributed by atoms with E-state index in [1.807, 2.05) is 39.0 Å². The first-order chi connectivity index (χ1) is 7.22. The summed E-state index contributed by atoms with van der Waals surface area (Å²) in [6, 6.07) is 7.51. The Labute approximate surface area is 91.0 Å². The van der Waals surface area contributed by atoms with Crippen LogP contribution in [0.5, 0.6) is 5.75 Å². The molecule has 0 radical (unpaired) electrons. The summed E-state index contributed by atoms with van der Waals surface area (Å²) >= 11 is 0. The number of benzene rings is 1. The van der Waals surface area contributed by atoms with E-state index in [1.165, 1.54) is 7.11 Å². The first-order valence-electron chi connectivity index (χ1n) is 4.98. The van der Waals surface area contributed by atoms with Crippen molar-refractivity contribution in [2.45, 2.75) is 20.8 Å². The number of methoxy groups -OCH3 is 1. The van der Waals surface area contributed by atoms with E-state index >= 15 is 0 Å². The Bertz CT molecular complexity index is 295. The third kappa shape index (κ3) is 5.73. The molecular weight excluding hydrogens is 192 g/mol. The van der Waals surface area contributed by atoms with Gasteiger partial charge in [-0.2, -0.15) is 0 Å². The van der Waals surface area contributed by atoms with Gasteiger partial charge in [-0.05, 0) is 24.6 Å². The SMILES string of the molecule is CC.COC(=O)COc1cccc(C)c1. The average molecular weight is 210 g/mol. The zero-order valence-corrected chi connectivity index (χ0v) is 9.74. The second kappa shape index (κ2) is 7.85. The van der Waals surface area contributed by atoms with Crippen LogP contribution in [0.1, 0.15) is 19.4 Å². The Kier molecular flexibility index (Phi) is 7.06. The lowest BCUT2D eigenvalue weighted by Crippen LogP contribution is -2.12. The number of esters is 1. The van der Waals surface area contributed by atoms with Gasteiger partial charge in [-0.15, -0.1) is 0 Å². The van der Waals surface area contributed by atoms with Gasteiger partial charge in [0.25, 0.3) is 0 Å². The molecule has 1 aromatic rings. The monoisotopic (exact) mass is 210 g/mol. The van der Waals surface area contributed by atoms with Crippen LogP contribution in [0.15, 0.2) is 24.3 Å². The highest BCUT2D eigenvalue weighted by Gasteiger charge is 2.00. The predicted molar refractivity (Wildman–Crippen MR) is 60.0 cm³/mol. The van der Waals surface area contributed by atoms with E-state index in [0.29, 0.717) is 5.75 Å². The first kappa shape index (κ1) is 13.5. The molecule has 0 aromatic heterocycles. The van der Waals surface area contributed by atoms with E-state index in [2.05, 4.69) is 4.74 Å². The van der Waals surface area contributed by atoms with Crippen LogP contribution in [0.4, 0.5) is 0 Å². The Morgan fingerprint density at radius 1 is 1.33 bits per heavy atom. The van der Waals surface area contributed by atoms with Crippen LogP contribution in [0.3, 0.4) is 0 Å². The molecule has 0 bridgehead atoms. The number of carbonyl (C=O) groups is 1. The van der Waals surface area contributed by atoms with E-state index in [1.54, 1.807) is 6.07 Å². The number of hydrogen-bond acceptors (Lipinski definition) is 3. The fourth-order valence-corrected chi connectivity index (χ4v) is 0.906. The Balaban J connectivity index is 0.000000921. The van der Waals surface area contributed by atoms with Crippen molar-refractivity contribution in [3.63, 3.8) is 0 Å². The lowest BCUT2D eigenvalue weighted by Gasteiger charge is -2.04. The largest absolute Gasteiger partial charge is 0.482 e. The van der Waals surface area contributed by atoms with Crippen molar-refractivity contribution < 1.29 is 14.3 Å². The second-order valence-electron chi connectivity index (χ2n) is 2.68. The highest BCUT2D eigenvalue weighted by molar-refractivity contribution is 5.70. The van der Waals surface area contributed by atoms with Crippen LogP contribution >= 0.6 is 0 Å². The molecule has 0 aliphatic carbocycles. The smallest absolute Gasteiger partial charge is 0.343 e. The first-order valence-corrected chi connectivity index (χ1v) is 4.98. The summed E-state index contributed by atoms with van der Waals surface area (Å²) in [6.07, 6.45) is 0. The molecule has 1 aromatic carbocycles. The maximum Gasteiger partial charge on any atom is 0.343 e. The van der Waals surface area contributed by atoms with Gasteiger partial charge in [0, 0.05) is 0 Å². The molecule has 0 atom stereocenters. The van der Waals surface area contributed by atoms with Crippen molar-refractivity contribution in [1.82, 2.24) is 0 Å². The molecular formula is C12H18O3. The molecule has 0 N–H and O–H groups in total. The van der Waals surface area contributed by atoms with Gasteiger partial charge in [0.2, 0.25) is 0 Å². The number of ether oxygens (including phenoxy) is 2. The Morgan fingerprint density at radius 3 is 2.53 bits per heavy atom. The van der Waals surface area contributed by atoms with Crippen molar-refractivity contribution in [2.75, 3.05) is 13.7 Å². The normalized spacial score (nSPS) is 8.53. The third-order valence-electron chi connectivity index (χ3n) is 1.57. The standard InChI is InChI=1S/C10H12O3.C2H6/c1-8-4-3-5-9(6-8)13-7-10(11)12-2;1-2/h3-6H,7H2,1-2H3;1-2H3. The zero-order valence-electron chi connectivity index (χ0n) is 9.74. The molecule has 0 spiro atoms. The molecule has 0 unspecified atom stereocenters. The highest BCUT2D eigenvalue weighted by atomic mass is 16.6. The molecule has 3 heteroatoms. The summed E-state index contributed by atoms with van der Waals surface area (Å²) in [5, 5.41) is 0. The minimum absolute atomic E-state index is 0.0417. The van der Waals surface area contributed by atoms with Crippen molar-refractivity contribution in [3.8, 4) is 5.75 Å². The van der Waals surface area contributed by atoms with E-state index in [0.717, 1.165) is 5.56 Å². The summed E-state index contributed by atoms with van der Waals surface area (Å²) in [4.78, 5) is 10.7. The summed E-state index contributed by atoms with van der Waals surface area (Å²) < 4.78 is 9.60. The summed E-state index contributed by atoms with van der Waals surface area (Å²) in [7, 11) is 1.34. The van der Waals surface area contributed by atoms with Gasteiger partial charge in [0.1, 0.15) is 5.75 Å². The lowest BCUT2D eigenvalue weighted by atomic mass is 10.2. The molecule has 0 fully saturated rings. The fourth-order valence-electron chi connectivity index (χ4n) is 0.906. The number of hydrogen-bond donors (Lipinski definition) is 0. The molecule has 0 heterocycles. The van der Waals surface area contributed by atoms with Crippen molar-refractivity contribution in [3.05, 3.63) is 29.8 Å². The molecule has 0 saturated carbocycles. The average Bonchev–Trinajstić information content (AvgIpc) is 2.29. The van der Waals surface area contributed by atoms with Crippen molar-refractivity contribution >= 4 is 5.97 Å². The Hall–Kier alpha value is -1.51. The van der Waals surface area contributed by atoms with E-state index < -0.39 is 0 Å². The van der Waals surface area contributed by atoms with E-state index in [-0.39, 0.29) is 12.6 Å². The summed E-state index contributed by atoms with van der Waals surface area (Å²) in [6.45, 7) is 5.92. The number of carbonyl (C=O) groups excluding carboxylic acids is 1. The van der Waals surface area contributed by atoms with Crippen LogP contribution in [-0.2, 0) is 9.53 Å². The quantitative estimate of drug-likeness (QED) is 0.719. The number of rotatable bonds is 3. The van der Waals surface area contributed by atoms with Gasteiger partial charge in [0.15, 0.2) is 6.61 Å². The molecule has 3 nitrogen and oxygen atoms in total. The highest BCUT2D eigenvalue weighted by Crippen LogP contribution is 2.11. The van der Waals surface area contributed by atoms with Crippen LogP contribution in [0.25, 0.3) is 0 Å². The molecule has 0 aliphatic rings. The molecule has 0 amide bonds. The summed E-state index contributed by atoms with van der Waals surface area (Å²) in [5.74, 6) is 0.312. The van der Waals surface area contributed by atoms with Gasteiger partial charge < -0.3 is 9.47 Å². The van der Waals surface area contributed by atoms with E-state index in [4.69, 9.17) is 4.74 Å². The van der Waals surface area contributed by atoms with Crippen LogP contribution in [0.2, 0.25) is 0 Å². The molecule has 15 heavy (non-hydrogen) atoms. The molecule has 0 saturated heterocycles. The molecule has 1 rings (SSSR count). The van der Waals surface area contributed by atoms with Gasteiger partial charge >= 0.3 is 5.97 Å². The minimum Gasteiger partial charge on any atom is -0.482 e. The van der Waals surface area contributed by atoms with Crippen LogP contribution < -0.4 is 4.74 Å². The van der Waals surface area contributed by atoms with Gasteiger partial charge in [0.05, 0.1) is 7.11 Å². The number of aryl methyl sites for hydroxylation is 1. The fraction of sp³-hybridized carbons (Fsp3) is 0.417. The predicted octanol–water partition coefficient (Wildman–Crippen LogP) is 2.57. The van der Waals surface area contributed by atoms with Crippen molar-refractivity contribution in [2.24, 2.45) is 0 Å². The molecule has 0 aliphatic heterocycles. The molecule has 84 valence electrons. The maximum atomic E-state index is 10.7. The second-order valence-corrected chi connectivity index (χ2v) is 2.68. The van der Waals surface area contributed by atoms with Gasteiger partial charge in [-0.3, -0.25) is 0 Å². The summed E-state index contributed by atoms with van der Waals surface area (Å²) in [5.41, 5.74) is 1.10.